The van der Waals surface area contributed by atoms with Crippen LogP contribution in [0.5, 0.6) is 5.75 Å². The number of fused-ring (bicyclic) bond motifs is 1. The Morgan fingerprint density at radius 3 is 2.44 bits per heavy atom. The van der Waals surface area contributed by atoms with Crippen molar-refractivity contribution in [2.75, 3.05) is 6.61 Å². The number of aliphatic hydroxyl groups is 1. The van der Waals surface area contributed by atoms with Gasteiger partial charge in [0.15, 0.2) is 17.2 Å². The summed E-state index contributed by atoms with van der Waals surface area (Å²) in [4.78, 5) is 17.8. The van der Waals surface area contributed by atoms with Crippen molar-refractivity contribution in [3.63, 3.8) is 0 Å². The monoisotopic (exact) mass is 456 g/mol. The minimum absolute atomic E-state index is 0.0620. The van der Waals surface area contributed by atoms with Gasteiger partial charge < -0.3 is 9.84 Å². The van der Waals surface area contributed by atoms with E-state index in [0.717, 1.165) is 12.0 Å². The molecule has 0 fully saturated rings. The van der Waals surface area contributed by atoms with Gasteiger partial charge in [0.1, 0.15) is 5.69 Å². The SMILES string of the molecule is Cc1cc(OCCC(C)C)c2nc(C)c(C(=O)CC(CCCC(F)(F)F)C(C)(C)O)n2c1. The van der Waals surface area contributed by atoms with E-state index >= 15 is 0 Å². The summed E-state index contributed by atoms with van der Waals surface area (Å²) < 4.78 is 45.4. The lowest BCUT2D eigenvalue weighted by Gasteiger charge is -2.29. The van der Waals surface area contributed by atoms with E-state index in [9.17, 15) is 23.1 Å². The number of nitrogens with zero attached hydrogens (tertiary/aromatic N) is 2. The van der Waals surface area contributed by atoms with Crippen molar-refractivity contribution in [2.45, 2.75) is 85.4 Å². The molecule has 2 heterocycles. The van der Waals surface area contributed by atoms with Crippen LogP contribution < -0.4 is 4.74 Å². The van der Waals surface area contributed by atoms with Crippen LogP contribution in [0.15, 0.2) is 12.3 Å². The van der Waals surface area contributed by atoms with E-state index in [-0.39, 0.29) is 25.0 Å². The summed E-state index contributed by atoms with van der Waals surface area (Å²) in [7, 11) is 0. The van der Waals surface area contributed by atoms with E-state index in [2.05, 4.69) is 18.8 Å². The number of hydrogen-bond acceptors (Lipinski definition) is 4. The number of ether oxygens (including phenoxy) is 1. The molecule has 0 aromatic carbocycles. The highest BCUT2D eigenvalue weighted by atomic mass is 19.4. The minimum atomic E-state index is -4.25. The first-order chi connectivity index (χ1) is 14.7. The molecule has 1 N–H and O–H groups in total. The van der Waals surface area contributed by atoms with Gasteiger partial charge in [0, 0.05) is 19.0 Å². The van der Waals surface area contributed by atoms with Crippen LogP contribution in [0.25, 0.3) is 5.65 Å². The smallest absolute Gasteiger partial charge is 0.389 e. The van der Waals surface area contributed by atoms with Gasteiger partial charge in [0.25, 0.3) is 0 Å². The topological polar surface area (TPSA) is 63.8 Å². The third-order valence-corrected chi connectivity index (χ3v) is 5.66. The van der Waals surface area contributed by atoms with Crippen molar-refractivity contribution in [1.82, 2.24) is 9.38 Å². The van der Waals surface area contributed by atoms with Gasteiger partial charge in [-0.15, -0.1) is 0 Å². The van der Waals surface area contributed by atoms with Crippen LogP contribution in [-0.4, -0.2) is 38.7 Å². The van der Waals surface area contributed by atoms with Gasteiger partial charge >= 0.3 is 6.18 Å². The molecule has 2 rings (SSSR count). The fourth-order valence-electron chi connectivity index (χ4n) is 3.78. The number of carbonyl (C=O) groups excluding carboxylic acids is 1. The molecule has 32 heavy (non-hydrogen) atoms. The Morgan fingerprint density at radius 1 is 1.22 bits per heavy atom. The van der Waals surface area contributed by atoms with Gasteiger partial charge in [-0.05, 0) is 70.4 Å². The van der Waals surface area contributed by atoms with Gasteiger partial charge in [0.2, 0.25) is 0 Å². The molecule has 0 aliphatic rings. The molecule has 0 bridgehead atoms. The maximum absolute atomic E-state index is 13.2. The second kappa shape index (κ2) is 10.2. The van der Waals surface area contributed by atoms with Gasteiger partial charge in [-0.3, -0.25) is 9.20 Å². The zero-order chi connectivity index (χ0) is 24.3. The first-order valence-electron chi connectivity index (χ1n) is 11.1. The highest BCUT2D eigenvalue weighted by Crippen LogP contribution is 2.32. The summed E-state index contributed by atoms with van der Waals surface area (Å²) in [5.41, 5.74) is 1.06. The van der Waals surface area contributed by atoms with Crippen molar-refractivity contribution in [1.29, 1.82) is 0 Å². The van der Waals surface area contributed by atoms with Crippen molar-refractivity contribution >= 4 is 11.4 Å². The normalized spacial score (nSPS) is 13.7. The van der Waals surface area contributed by atoms with Crippen LogP contribution in [0, 0.1) is 25.7 Å². The molecule has 5 nitrogen and oxygen atoms in total. The lowest BCUT2D eigenvalue weighted by Crippen LogP contribution is -2.33. The Morgan fingerprint density at radius 2 is 1.88 bits per heavy atom. The zero-order valence-corrected chi connectivity index (χ0v) is 19.8. The summed E-state index contributed by atoms with van der Waals surface area (Å²) >= 11 is 0. The molecule has 2 aromatic rings. The van der Waals surface area contributed by atoms with E-state index < -0.39 is 24.1 Å². The number of carbonyl (C=O) groups is 1. The summed E-state index contributed by atoms with van der Waals surface area (Å²) in [6.07, 6.45) is -2.59. The standard InChI is InChI=1S/C24H35F3N2O3/c1-15(2)9-11-32-20-12-16(3)14-29-21(17(4)28-22(20)29)19(30)13-18(23(5,6)31)8-7-10-24(25,26)27/h12,14-15,18,31H,7-11,13H2,1-6H3. The molecule has 0 radical (unpaired) electrons. The van der Waals surface area contributed by atoms with E-state index in [1.54, 1.807) is 17.5 Å². The van der Waals surface area contributed by atoms with Crippen molar-refractivity contribution < 1.29 is 27.8 Å². The molecule has 8 heteroatoms. The first-order valence-corrected chi connectivity index (χ1v) is 11.1. The third-order valence-electron chi connectivity index (χ3n) is 5.66. The summed E-state index contributed by atoms with van der Waals surface area (Å²) in [6.45, 7) is 11.4. The highest BCUT2D eigenvalue weighted by molar-refractivity contribution is 5.97. The van der Waals surface area contributed by atoms with Gasteiger partial charge in [-0.2, -0.15) is 13.2 Å². The number of rotatable bonds is 11. The quantitative estimate of drug-likeness (QED) is 0.417. The molecule has 1 unspecified atom stereocenters. The number of hydrogen-bond donors (Lipinski definition) is 1. The average Bonchev–Trinajstić information content (AvgIpc) is 2.94. The first kappa shape index (κ1) is 26.2. The van der Waals surface area contributed by atoms with Crippen molar-refractivity contribution in [3.8, 4) is 5.75 Å². The number of aromatic nitrogens is 2. The second-order valence-electron chi connectivity index (χ2n) is 9.64. The molecular weight excluding hydrogens is 421 g/mol. The van der Waals surface area contributed by atoms with Gasteiger partial charge in [-0.1, -0.05) is 13.8 Å². The summed E-state index contributed by atoms with van der Waals surface area (Å²) in [6, 6.07) is 1.88. The Balaban J connectivity index is 2.29. The van der Waals surface area contributed by atoms with Crippen molar-refractivity contribution in [3.05, 3.63) is 29.2 Å². The Labute approximate surface area is 188 Å². The number of aryl methyl sites for hydroxylation is 2. The van der Waals surface area contributed by atoms with E-state index in [1.165, 1.54) is 13.8 Å². The van der Waals surface area contributed by atoms with Crippen LogP contribution in [-0.2, 0) is 0 Å². The summed E-state index contributed by atoms with van der Waals surface area (Å²) in [5, 5.41) is 10.5. The number of halogens is 3. The highest BCUT2D eigenvalue weighted by Gasteiger charge is 2.33. The minimum Gasteiger partial charge on any atom is -0.490 e. The summed E-state index contributed by atoms with van der Waals surface area (Å²) in [5.74, 6) is 0.226. The predicted octanol–water partition coefficient (Wildman–Crippen LogP) is 6.07. The fourth-order valence-corrected chi connectivity index (χ4v) is 3.78. The van der Waals surface area contributed by atoms with Crippen LogP contribution in [0.4, 0.5) is 13.2 Å². The van der Waals surface area contributed by atoms with Gasteiger partial charge in [0.05, 0.1) is 17.9 Å². The van der Waals surface area contributed by atoms with E-state index in [0.29, 0.717) is 35.3 Å². The molecule has 0 aliphatic heterocycles. The van der Waals surface area contributed by atoms with Crippen molar-refractivity contribution in [2.24, 2.45) is 11.8 Å². The molecule has 2 aromatic heterocycles. The van der Waals surface area contributed by atoms with Gasteiger partial charge in [-0.25, -0.2) is 4.98 Å². The molecule has 180 valence electrons. The molecule has 0 saturated carbocycles. The Hall–Kier alpha value is -2.09. The van der Waals surface area contributed by atoms with Crippen LogP contribution >= 0.6 is 0 Å². The molecule has 1 atom stereocenters. The molecule has 0 saturated heterocycles. The Kier molecular flexibility index (Phi) is 8.37. The third kappa shape index (κ3) is 7.22. The molecule has 0 aliphatic carbocycles. The molecule has 0 amide bonds. The van der Waals surface area contributed by atoms with Crippen LogP contribution in [0.2, 0.25) is 0 Å². The van der Waals surface area contributed by atoms with E-state index in [4.69, 9.17) is 4.74 Å². The number of Topliss-reactive ketones (excluding diaryl/α,β-unsaturated/α-hetero) is 1. The van der Waals surface area contributed by atoms with Crippen LogP contribution in [0.3, 0.4) is 0 Å². The second-order valence-corrected chi connectivity index (χ2v) is 9.64. The van der Waals surface area contributed by atoms with Crippen LogP contribution in [0.1, 0.15) is 81.5 Å². The number of ketones is 1. The maximum Gasteiger partial charge on any atom is 0.389 e. The lowest BCUT2D eigenvalue weighted by atomic mass is 9.82. The number of imidazole rings is 1. The number of alkyl halides is 3. The average molecular weight is 457 g/mol. The maximum atomic E-state index is 13.2. The largest absolute Gasteiger partial charge is 0.490 e. The lowest BCUT2D eigenvalue weighted by molar-refractivity contribution is -0.137. The molecule has 0 spiro atoms. The van der Waals surface area contributed by atoms with E-state index in [1.807, 2.05) is 13.0 Å². The Bertz CT molecular complexity index is 927. The predicted molar refractivity (Wildman–Crippen MR) is 118 cm³/mol. The molecular formula is C24H35F3N2O3. The zero-order valence-electron chi connectivity index (χ0n) is 19.8. The fraction of sp³-hybridized carbons (Fsp3) is 0.667. The number of pyridine rings is 1.